The number of hydrogen-bond acceptors (Lipinski definition) is 7. The molecule has 0 radical (unpaired) electrons. The van der Waals surface area contributed by atoms with E-state index in [0.717, 1.165) is 16.1 Å². The lowest BCUT2D eigenvalue weighted by Gasteiger charge is -2.09. The summed E-state index contributed by atoms with van der Waals surface area (Å²) in [4.78, 5) is 26.0. The van der Waals surface area contributed by atoms with Crippen LogP contribution < -0.4 is 10.1 Å². The van der Waals surface area contributed by atoms with E-state index in [1.54, 1.807) is 13.2 Å². The minimum absolute atomic E-state index is 0.0157. The number of methoxy groups -OCH3 is 2. The number of anilines is 1. The molecule has 2 aromatic rings. The van der Waals surface area contributed by atoms with Crippen molar-refractivity contribution in [1.82, 2.24) is 4.98 Å². The van der Waals surface area contributed by atoms with Crippen LogP contribution in [0, 0.1) is 10.1 Å². The number of pyridine rings is 1. The number of carbonyl (C=O) groups excluding carboxylic acids is 1. The first-order valence-electron chi connectivity index (χ1n) is 6.75. The van der Waals surface area contributed by atoms with E-state index in [1.807, 2.05) is 12.1 Å². The van der Waals surface area contributed by atoms with Crippen molar-refractivity contribution in [3.8, 4) is 5.75 Å². The molecule has 1 aromatic heterocycles. The summed E-state index contributed by atoms with van der Waals surface area (Å²) < 4.78 is 10.5. The maximum atomic E-state index is 11.5. The van der Waals surface area contributed by atoms with Crippen LogP contribution in [0.25, 0.3) is 0 Å². The number of rotatable bonds is 6. The average molecular weight is 396 g/mol. The summed E-state index contributed by atoms with van der Waals surface area (Å²) in [5.41, 5.74) is 0.586. The normalized spacial score (nSPS) is 10.1. The number of nitro groups is 1. The van der Waals surface area contributed by atoms with Gasteiger partial charge in [0.05, 0.1) is 29.2 Å². The zero-order valence-electron chi connectivity index (χ0n) is 12.9. The summed E-state index contributed by atoms with van der Waals surface area (Å²) in [6, 6.07) is 6.57. The average Bonchev–Trinajstić information content (AvgIpc) is 2.59. The van der Waals surface area contributed by atoms with Gasteiger partial charge in [-0.1, -0.05) is 6.07 Å². The van der Waals surface area contributed by atoms with Crippen LogP contribution in [0.3, 0.4) is 0 Å². The summed E-state index contributed by atoms with van der Waals surface area (Å²) >= 11 is 3.38. The van der Waals surface area contributed by atoms with Crippen LogP contribution in [0.1, 0.15) is 15.9 Å². The maximum absolute atomic E-state index is 11.5. The van der Waals surface area contributed by atoms with E-state index in [0.29, 0.717) is 12.3 Å². The highest BCUT2D eigenvalue weighted by molar-refractivity contribution is 9.10. The molecule has 0 bridgehead atoms. The highest BCUT2D eigenvalue weighted by Gasteiger charge is 2.19. The second-order valence-corrected chi connectivity index (χ2v) is 5.52. The van der Waals surface area contributed by atoms with Gasteiger partial charge in [0.25, 0.3) is 0 Å². The van der Waals surface area contributed by atoms with Crippen LogP contribution in [0.15, 0.2) is 34.9 Å². The molecule has 0 aliphatic carbocycles. The first-order chi connectivity index (χ1) is 11.5. The molecule has 0 saturated heterocycles. The van der Waals surface area contributed by atoms with Gasteiger partial charge in [0, 0.05) is 18.8 Å². The number of aromatic nitrogens is 1. The number of nitrogens with zero attached hydrogens (tertiary/aromatic N) is 2. The number of benzene rings is 1. The minimum Gasteiger partial charge on any atom is -0.496 e. The van der Waals surface area contributed by atoms with Crippen molar-refractivity contribution >= 4 is 33.4 Å². The van der Waals surface area contributed by atoms with Crippen molar-refractivity contribution in [1.29, 1.82) is 0 Å². The fraction of sp³-hybridized carbons (Fsp3) is 0.200. The molecule has 8 nitrogen and oxygen atoms in total. The van der Waals surface area contributed by atoms with E-state index in [2.05, 4.69) is 31.0 Å². The Morgan fingerprint density at radius 2 is 2.12 bits per heavy atom. The Kier molecular flexibility index (Phi) is 5.69. The van der Waals surface area contributed by atoms with E-state index in [9.17, 15) is 14.9 Å². The molecule has 0 atom stereocenters. The number of ether oxygens (including phenoxy) is 2. The molecule has 0 fully saturated rings. The Hall–Kier alpha value is -2.68. The van der Waals surface area contributed by atoms with E-state index in [4.69, 9.17) is 4.74 Å². The molecule has 9 heteroatoms. The molecular formula is C15H14BrN3O5. The molecule has 0 unspecified atom stereocenters. The van der Waals surface area contributed by atoms with E-state index >= 15 is 0 Å². The smallest absolute Gasteiger partial charge is 0.339 e. The zero-order chi connectivity index (χ0) is 17.7. The number of carbonyl (C=O) groups is 1. The molecule has 0 spiro atoms. The first kappa shape index (κ1) is 17.7. The molecular weight excluding hydrogens is 382 g/mol. The lowest BCUT2D eigenvalue weighted by atomic mass is 10.2. The highest BCUT2D eigenvalue weighted by Crippen LogP contribution is 2.27. The van der Waals surface area contributed by atoms with Crippen LogP contribution in [0.5, 0.6) is 5.75 Å². The van der Waals surface area contributed by atoms with Crippen molar-refractivity contribution in [3.05, 3.63) is 56.2 Å². The number of esters is 1. The Bertz CT molecular complexity index is 782. The largest absolute Gasteiger partial charge is 0.496 e. The van der Waals surface area contributed by atoms with Gasteiger partial charge in [-0.05, 0) is 33.6 Å². The van der Waals surface area contributed by atoms with Crippen molar-refractivity contribution in [2.75, 3.05) is 19.5 Å². The van der Waals surface area contributed by atoms with Crippen LogP contribution >= 0.6 is 15.9 Å². The van der Waals surface area contributed by atoms with Crippen molar-refractivity contribution in [3.63, 3.8) is 0 Å². The first-order valence-corrected chi connectivity index (χ1v) is 7.54. The predicted molar refractivity (Wildman–Crippen MR) is 90.3 cm³/mol. The van der Waals surface area contributed by atoms with Gasteiger partial charge in [-0.3, -0.25) is 10.1 Å². The topological polar surface area (TPSA) is 104 Å². The minimum atomic E-state index is -0.684. The Morgan fingerprint density at radius 3 is 2.71 bits per heavy atom. The number of nitrogens with one attached hydrogen (secondary N) is 1. The predicted octanol–water partition coefficient (Wildman–Crippen LogP) is 3.16. The molecule has 126 valence electrons. The molecule has 2 rings (SSSR count). The quantitative estimate of drug-likeness (QED) is 0.454. The van der Waals surface area contributed by atoms with Crippen molar-refractivity contribution in [2.45, 2.75) is 6.54 Å². The SMILES string of the molecule is COC(=O)c1cnc(NCc2ccc(OC)c(Br)c2)c([N+](=O)[O-])c1. The van der Waals surface area contributed by atoms with Gasteiger partial charge in [-0.2, -0.15) is 0 Å². The van der Waals surface area contributed by atoms with Gasteiger partial charge < -0.3 is 14.8 Å². The fourth-order valence-electron chi connectivity index (χ4n) is 1.96. The lowest BCUT2D eigenvalue weighted by molar-refractivity contribution is -0.384. The van der Waals surface area contributed by atoms with Crippen LogP contribution in [-0.2, 0) is 11.3 Å². The monoisotopic (exact) mass is 395 g/mol. The summed E-state index contributed by atoms with van der Waals surface area (Å²) in [6.45, 7) is 0.313. The van der Waals surface area contributed by atoms with Crippen LogP contribution in [0.2, 0.25) is 0 Å². The molecule has 1 aromatic carbocycles. The second-order valence-electron chi connectivity index (χ2n) is 4.66. The second kappa shape index (κ2) is 7.73. The van der Waals surface area contributed by atoms with Gasteiger partial charge in [-0.15, -0.1) is 0 Å². The Labute approximate surface area is 146 Å². The van der Waals surface area contributed by atoms with Gasteiger partial charge in [0.1, 0.15) is 5.75 Å². The molecule has 0 amide bonds. The van der Waals surface area contributed by atoms with E-state index in [1.165, 1.54) is 13.3 Å². The van der Waals surface area contributed by atoms with Crippen molar-refractivity contribution < 1.29 is 19.2 Å². The lowest BCUT2D eigenvalue weighted by Crippen LogP contribution is -2.08. The van der Waals surface area contributed by atoms with Gasteiger partial charge in [0.2, 0.25) is 5.82 Å². The maximum Gasteiger partial charge on any atom is 0.339 e. The summed E-state index contributed by atoms with van der Waals surface area (Å²) in [7, 11) is 2.76. The molecule has 0 aliphatic rings. The number of hydrogen-bond donors (Lipinski definition) is 1. The third-order valence-electron chi connectivity index (χ3n) is 3.16. The summed E-state index contributed by atoms with van der Waals surface area (Å²) in [6.07, 6.45) is 1.23. The van der Waals surface area contributed by atoms with E-state index < -0.39 is 10.9 Å². The fourth-order valence-corrected chi connectivity index (χ4v) is 2.55. The molecule has 1 N–H and O–H groups in total. The van der Waals surface area contributed by atoms with Gasteiger partial charge in [-0.25, -0.2) is 9.78 Å². The van der Waals surface area contributed by atoms with Crippen molar-refractivity contribution in [2.24, 2.45) is 0 Å². The molecule has 0 aliphatic heterocycles. The highest BCUT2D eigenvalue weighted by atomic mass is 79.9. The molecule has 0 saturated carbocycles. The van der Waals surface area contributed by atoms with Crippen LogP contribution in [0.4, 0.5) is 11.5 Å². The third-order valence-corrected chi connectivity index (χ3v) is 3.78. The van der Waals surface area contributed by atoms with E-state index in [-0.39, 0.29) is 17.1 Å². The summed E-state index contributed by atoms with van der Waals surface area (Å²) in [5.74, 6) is 0.0705. The zero-order valence-corrected chi connectivity index (χ0v) is 14.5. The Morgan fingerprint density at radius 1 is 1.38 bits per heavy atom. The Balaban J connectivity index is 2.21. The molecule has 24 heavy (non-hydrogen) atoms. The number of halogens is 1. The standard InChI is InChI=1S/C15H14BrN3O5/c1-23-13-4-3-9(5-11(13)16)7-17-14-12(19(21)22)6-10(8-18-14)15(20)24-2/h3-6,8H,7H2,1-2H3,(H,17,18). The molecule has 1 heterocycles. The van der Waals surface area contributed by atoms with Crippen LogP contribution in [-0.4, -0.2) is 30.1 Å². The van der Waals surface area contributed by atoms with Gasteiger partial charge in [0.15, 0.2) is 0 Å². The third kappa shape index (κ3) is 3.99. The van der Waals surface area contributed by atoms with Gasteiger partial charge >= 0.3 is 11.7 Å². The summed E-state index contributed by atoms with van der Waals surface area (Å²) in [5, 5.41) is 14.1.